The van der Waals surface area contributed by atoms with E-state index in [0.29, 0.717) is 17.3 Å². The number of anilines is 1. The Balaban J connectivity index is 2.48. The fourth-order valence-electron chi connectivity index (χ4n) is 2.74. The molecule has 0 unspecified atom stereocenters. The molecule has 0 fully saturated rings. The Labute approximate surface area is 119 Å². The number of nitrogens with one attached hydrogen (secondary N) is 1. The number of benzene rings is 1. The van der Waals surface area contributed by atoms with Gasteiger partial charge < -0.3 is 5.73 Å². The van der Waals surface area contributed by atoms with Gasteiger partial charge in [-0.15, -0.1) is 0 Å². The maximum atomic E-state index is 14.1. The van der Waals surface area contributed by atoms with Gasteiger partial charge in [0.15, 0.2) is 5.82 Å². The summed E-state index contributed by atoms with van der Waals surface area (Å²) in [6, 6.07) is 6.73. The van der Waals surface area contributed by atoms with Gasteiger partial charge in [-0.25, -0.2) is 4.39 Å². The molecule has 0 atom stereocenters. The van der Waals surface area contributed by atoms with Crippen molar-refractivity contribution in [2.75, 3.05) is 5.73 Å². The Kier molecular flexibility index (Phi) is 4.77. The number of nitrogen functional groups attached to an aromatic ring is 1. The van der Waals surface area contributed by atoms with Crippen LogP contribution < -0.4 is 5.73 Å². The Morgan fingerprint density at radius 2 is 1.85 bits per heavy atom. The van der Waals surface area contributed by atoms with E-state index in [9.17, 15) is 4.39 Å². The lowest BCUT2D eigenvalue weighted by molar-refractivity contribution is 0.547. The van der Waals surface area contributed by atoms with E-state index in [-0.39, 0.29) is 5.82 Å². The minimum Gasteiger partial charge on any atom is -0.382 e. The second kappa shape index (κ2) is 6.55. The van der Waals surface area contributed by atoms with Crippen molar-refractivity contribution in [1.29, 1.82) is 0 Å². The number of halogens is 1. The number of aromatic amines is 1. The number of aromatic nitrogens is 2. The molecule has 1 aromatic heterocycles. The third-order valence-corrected chi connectivity index (χ3v) is 3.65. The van der Waals surface area contributed by atoms with Crippen LogP contribution in [0.15, 0.2) is 24.3 Å². The lowest BCUT2D eigenvalue weighted by Gasteiger charge is -2.16. The van der Waals surface area contributed by atoms with Gasteiger partial charge in [0, 0.05) is 22.7 Å². The molecule has 2 aromatic rings. The summed E-state index contributed by atoms with van der Waals surface area (Å²) in [5.41, 5.74) is 8.20. The molecule has 0 amide bonds. The van der Waals surface area contributed by atoms with Crippen LogP contribution >= 0.6 is 0 Å². The van der Waals surface area contributed by atoms with Crippen molar-refractivity contribution < 1.29 is 4.39 Å². The number of nitrogens with two attached hydrogens (primary N) is 1. The van der Waals surface area contributed by atoms with Crippen LogP contribution in [0, 0.1) is 5.82 Å². The molecule has 0 radical (unpaired) electrons. The third kappa shape index (κ3) is 2.84. The van der Waals surface area contributed by atoms with Crippen LogP contribution in [0.4, 0.5) is 10.2 Å². The first-order chi connectivity index (χ1) is 9.69. The van der Waals surface area contributed by atoms with Crippen molar-refractivity contribution in [2.24, 2.45) is 0 Å². The van der Waals surface area contributed by atoms with Gasteiger partial charge in [0.25, 0.3) is 0 Å². The second-order valence-electron chi connectivity index (χ2n) is 5.15. The highest BCUT2D eigenvalue weighted by atomic mass is 19.1. The number of rotatable bonds is 6. The molecule has 1 heterocycles. The van der Waals surface area contributed by atoms with E-state index in [1.54, 1.807) is 12.1 Å². The van der Waals surface area contributed by atoms with Crippen LogP contribution in [0.3, 0.4) is 0 Å². The number of hydrogen-bond acceptors (Lipinski definition) is 2. The molecule has 0 aliphatic carbocycles. The van der Waals surface area contributed by atoms with Crippen molar-refractivity contribution in [3.8, 4) is 11.1 Å². The molecule has 0 aliphatic rings. The summed E-state index contributed by atoms with van der Waals surface area (Å²) in [7, 11) is 0. The van der Waals surface area contributed by atoms with Crippen LogP contribution in [0.25, 0.3) is 11.1 Å². The molecule has 4 heteroatoms. The summed E-state index contributed by atoms with van der Waals surface area (Å²) in [6.07, 6.45) is 4.27. The molecule has 0 aliphatic heterocycles. The average molecular weight is 275 g/mol. The first-order valence-corrected chi connectivity index (χ1v) is 7.27. The Morgan fingerprint density at radius 1 is 1.20 bits per heavy atom. The van der Waals surface area contributed by atoms with Gasteiger partial charge in [0.1, 0.15) is 5.82 Å². The van der Waals surface area contributed by atoms with E-state index in [2.05, 4.69) is 24.0 Å². The van der Waals surface area contributed by atoms with E-state index < -0.39 is 0 Å². The van der Waals surface area contributed by atoms with Crippen LogP contribution in [0.2, 0.25) is 0 Å². The SMILES string of the molecule is CCCC(CCC)c1[nH]nc(N)c1-c1ccccc1F. The molecule has 0 bridgehead atoms. The first kappa shape index (κ1) is 14.6. The minimum absolute atomic E-state index is 0.256. The fourth-order valence-corrected chi connectivity index (χ4v) is 2.74. The number of nitrogens with zero attached hydrogens (tertiary/aromatic N) is 1. The fraction of sp³-hybridized carbons (Fsp3) is 0.438. The monoisotopic (exact) mass is 275 g/mol. The molecule has 0 spiro atoms. The summed E-state index contributed by atoms with van der Waals surface area (Å²) in [5, 5.41) is 7.13. The molecule has 3 nitrogen and oxygen atoms in total. The Bertz CT molecular complexity index is 557. The Morgan fingerprint density at radius 3 is 2.45 bits per heavy atom. The van der Waals surface area contributed by atoms with Crippen LogP contribution in [0.5, 0.6) is 0 Å². The van der Waals surface area contributed by atoms with Crippen LogP contribution in [-0.4, -0.2) is 10.2 Å². The van der Waals surface area contributed by atoms with Crippen molar-refractivity contribution in [1.82, 2.24) is 10.2 Å². The molecule has 20 heavy (non-hydrogen) atoms. The molecule has 1 aromatic carbocycles. The summed E-state index contributed by atoms with van der Waals surface area (Å²) in [6.45, 7) is 4.32. The van der Waals surface area contributed by atoms with E-state index in [0.717, 1.165) is 36.9 Å². The van der Waals surface area contributed by atoms with Gasteiger partial charge >= 0.3 is 0 Å². The predicted octanol–water partition coefficient (Wildman–Crippen LogP) is 4.48. The second-order valence-corrected chi connectivity index (χ2v) is 5.15. The maximum Gasteiger partial charge on any atom is 0.153 e. The van der Waals surface area contributed by atoms with Crippen molar-refractivity contribution in [3.05, 3.63) is 35.8 Å². The minimum atomic E-state index is -0.256. The third-order valence-electron chi connectivity index (χ3n) is 3.65. The number of hydrogen-bond donors (Lipinski definition) is 2. The van der Waals surface area contributed by atoms with Crippen molar-refractivity contribution in [3.63, 3.8) is 0 Å². The molecule has 108 valence electrons. The van der Waals surface area contributed by atoms with E-state index in [1.165, 1.54) is 6.07 Å². The van der Waals surface area contributed by atoms with Gasteiger partial charge in [-0.05, 0) is 18.9 Å². The van der Waals surface area contributed by atoms with Crippen molar-refractivity contribution >= 4 is 5.82 Å². The van der Waals surface area contributed by atoms with E-state index >= 15 is 0 Å². The molecule has 3 N–H and O–H groups in total. The highest BCUT2D eigenvalue weighted by molar-refractivity contribution is 5.77. The molecular formula is C16H22FN3. The Hall–Kier alpha value is -1.84. The summed E-state index contributed by atoms with van der Waals surface area (Å²) < 4.78 is 14.1. The standard InChI is InChI=1S/C16H22FN3/c1-3-7-11(8-4-2)15-14(16(18)20-19-15)12-9-5-6-10-13(12)17/h5-6,9-11H,3-4,7-8H2,1-2H3,(H3,18,19,20). The van der Waals surface area contributed by atoms with Gasteiger partial charge in [-0.1, -0.05) is 44.9 Å². The molecule has 2 rings (SSSR count). The zero-order chi connectivity index (χ0) is 14.5. The molecule has 0 saturated heterocycles. The van der Waals surface area contributed by atoms with E-state index in [1.807, 2.05) is 6.07 Å². The molecular weight excluding hydrogens is 253 g/mol. The average Bonchev–Trinajstić information content (AvgIpc) is 2.81. The maximum absolute atomic E-state index is 14.1. The van der Waals surface area contributed by atoms with Gasteiger partial charge in [-0.3, -0.25) is 5.10 Å². The summed E-state index contributed by atoms with van der Waals surface area (Å²) >= 11 is 0. The lowest BCUT2D eigenvalue weighted by atomic mass is 9.90. The summed E-state index contributed by atoms with van der Waals surface area (Å²) in [4.78, 5) is 0. The van der Waals surface area contributed by atoms with E-state index in [4.69, 9.17) is 5.73 Å². The first-order valence-electron chi connectivity index (χ1n) is 7.27. The normalized spacial score (nSPS) is 11.2. The van der Waals surface area contributed by atoms with Crippen molar-refractivity contribution in [2.45, 2.75) is 45.4 Å². The number of H-pyrrole nitrogens is 1. The van der Waals surface area contributed by atoms with Gasteiger partial charge in [0.2, 0.25) is 0 Å². The quantitative estimate of drug-likeness (QED) is 0.816. The predicted molar refractivity (Wildman–Crippen MR) is 81.0 cm³/mol. The smallest absolute Gasteiger partial charge is 0.153 e. The lowest BCUT2D eigenvalue weighted by Crippen LogP contribution is -2.02. The highest BCUT2D eigenvalue weighted by Gasteiger charge is 2.22. The summed E-state index contributed by atoms with van der Waals surface area (Å²) in [5.74, 6) is 0.473. The topological polar surface area (TPSA) is 54.7 Å². The van der Waals surface area contributed by atoms with Gasteiger partial charge in [0.05, 0.1) is 0 Å². The largest absolute Gasteiger partial charge is 0.382 e. The highest BCUT2D eigenvalue weighted by Crippen LogP contribution is 2.37. The zero-order valence-corrected chi connectivity index (χ0v) is 12.1. The van der Waals surface area contributed by atoms with Gasteiger partial charge in [-0.2, -0.15) is 5.10 Å². The zero-order valence-electron chi connectivity index (χ0n) is 12.1. The van der Waals surface area contributed by atoms with Crippen LogP contribution in [0.1, 0.15) is 51.1 Å². The van der Waals surface area contributed by atoms with Crippen LogP contribution in [-0.2, 0) is 0 Å². The molecule has 0 saturated carbocycles.